The Morgan fingerprint density at radius 2 is 1.88 bits per heavy atom. The summed E-state index contributed by atoms with van der Waals surface area (Å²) in [7, 11) is -1.85. The van der Waals surface area contributed by atoms with Gasteiger partial charge in [0.25, 0.3) is 0 Å². The molecule has 8 heteroatoms. The van der Waals surface area contributed by atoms with Crippen LogP contribution in [0, 0.1) is 13.8 Å². The molecule has 7 nitrogen and oxygen atoms in total. The second-order valence-electron chi connectivity index (χ2n) is 6.80. The summed E-state index contributed by atoms with van der Waals surface area (Å²) < 4.78 is 41.2. The SMILES string of the molecule is Cc1nn(C)c(C)c1S(=O)(=O)N1CCC[C@H]1c1ccc2c(c1)OCCO2. The van der Waals surface area contributed by atoms with Crippen LogP contribution in [0.3, 0.4) is 0 Å². The van der Waals surface area contributed by atoms with Crippen molar-refractivity contribution in [3.8, 4) is 11.5 Å². The summed E-state index contributed by atoms with van der Waals surface area (Å²) in [6.07, 6.45) is 1.62. The van der Waals surface area contributed by atoms with E-state index in [9.17, 15) is 8.42 Å². The molecule has 1 aromatic carbocycles. The smallest absolute Gasteiger partial charge is 0.247 e. The molecule has 2 aliphatic rings. The maximum Gasteiger partial charge on any atom is 0.247 e. The Kier molecular flexibility index (Phi) is 4.19. The van der Waals surface area contributed by atoms with Crippen LogP contribution in [0.5, 0.6) is 11.5 Å². The Bertz CT molecular complexity index is 952. The van der Waals surface area contributed by atoms with E-state index in [1.54, 1.807) is 29.9 Å². The molecule has 0 N–H and O–H groups in total. The molecule has 26 heavy (non-hydrogen) atoms. The second kappa shape index (κ2) is 6.28. The molecule has 2 aromatic rings. The normalized spacial score (nSPS) is 20.5. The van der Waals surface area contributed by atoms with Gasteiger partial charge in [-0.25, -0.2) is 8.42 Å². The molecule has 2 aliphatic heterocycles. The highest BCUT2D eigenvalue weighted by molar-refractivity contribution is 7.89. The molecule has 3 heterocycles. The first-order valence-corrected chi connectivity index (χ1v) is 10.2. The van der Waals surface area contributed by atoms with Crippen molar-refractivity contribution in [3.63, 3.8) is 0 Å². The van der Waals surface area contributed by atoms with Crippen molar-refractivity contribution in [3.05, 3.63) is 35.2 Å². The van der Waals surface area contributed by atoms with Gasteiger partial charge in [-0.2, -0.15) is 9.40 Å². The summed E-state index contributed by atoms with van der Waals surface area (Å²) in [6.45, 7) is 5.10. The van der Waals surface area contributed by atoms with E-state index < -0.39 is 10.0 Å². The van der Waals surface area contributed by atoms with Crippen LogP contribution in [-0.2, 0) is 17.1 Å². The lowest BCUT2D eigenvalue weighted by molar-refractivity contribution is 0.171. The van der Waals surface area contributed by atoms with Crippen LogP contribution in [0.4, 0.5) is 0 Å². The van der Waals surface area contributed by atoms with Gasteiger partial charge in [0.15, 0.2) is 11.5 Å². The molecular formula is C18H23N3O4S. The minimum atomic E-state index is -3.62. The number of ether oxygens (including phenoxy) is 2. The quantitative estimate of drug-likeness (QED) is 0.821. The van der Waals surface area contributed by atoms with Gasteiger partial charge in [0, 0.05) is 13.6 Å². The van der Waals surface area contributed by atoms with E-state index in [2.05, 4.69) is 5.10 Å². The molecule has 1 aromatic heterocycles. The van der Waals surface area contributed by atoms with Gasteiger partial charge in [-0.05, 0) is 44.4 Å². The van der Waals surface area contributed by atoms with Crippen molar-refractivity contribution in [1.82, 2.24) is 14.1 Å². The minimum absolute atomic E-state index is 0.199. The number of rotatable bonds is 3. The molecule has 0 radical (unpaired) electrons. The molecule has 1 saturated heterocycles. The zero-order valence-electron chi connectivity index (χ0n) is 15.2. The van der Waals surface area contributed by atoms with E-state index >= 15 is 0 Å². The standard InChI is InChI=1S/C18H23N3O4S/c1-12-18(13(2)20(3)19-12)26(22,23)21-8-4-5-15(21)14-6-7-16-17(11-14)25-10-9-24-16/h6-7,11,15H,4-5,8-10H2,1-3H3/t15-/m0/s1. The first kappa shape index (κ1) is 17.4. The maximum absolute atomic E-state index is 13.4. The van der Waals surface area contributed by atoms with E-state index in [0.717, 1.165) is 18.4 Å². The molecule has 140 valence electrons. The molecule has 0 spiro atoms. The van der Waals surface area contributed by atoms with Gasteiger partial charge < -0.3 is 9.47 Å². The molecule has 1 fully saturated rings. The monoisotopic (exact) mass is 377 g/mol. The van der Waals surface area contributed by atoms with Gasteiger partial charge in [-0.1, -0.05) is 6.07 Å². The van der Waals surface area contributed by atoms with E-state index in [1.807, 2.05) is 18.2 Å². The zero-order valence-corrected chi connectivity index (χ0v) is 16.0. The van der Waals surface area contributed by atoms with Crippen molar-refractivity contribution in [2.45, 2.75) is 37.6 Å². The Hall–Kier alpha value is -2.06. The highest BCUT2D eigenvalue weighted by Crippen LogP contribution is 2.41. The molecular weight excluding hydrogens is 354 g/mol. The van der Waals surface area contributed by atoms with Crippen LogP contribution in [-0.4, -0.2) is 42.3 Å². The number of aromatic nitrogens is 2. The van der Waals surface area contributed by atoms with Gasteiger partial charge in [0.1, 0.15) is 18.1 Å². The van der Waals surface area contributed by atoms with Crippen LogP contribution < -0.4 is 9.47 Å². The van der Waals surface area contributed by atoms with Crippen LogP contribution in [0.25, 0.3) is 0 Å². The lowest BCUT2D eigenvalue weighted by atomic mass is 10.0. The third-order valence-electron chi connectivity index (χ3n) is 5.16. The molecule has 1 atom stereocenters. The van der Waals surface area contributed by atoms with Gasteiger partial charge in [0.05, 0.1) is 17.4 Å². The lowest BCUT2D eigenvalue weighted by Crippen LogP contribution is -2.31. The fourth-order valence-electron chi connectivity index (χ4n) is 3.87. The zero-order chi connectivity index (χ0) is 18.5. The van der Waals surface area contributed by atoms with E-state index in [0.29, 0.717) is 47.5 Å². The largest absolute Gasteiger partial charge is 0.486 e. The molecule has 0 bridgehead atoms. The van der Waals surface area contributed by atoms with Crippen LogP contribution in [0.15, 0.2) is 23.1 Å². The highest BCUT2D eigenvalue weighted by atomic mass is 32.2. The first-order chi connectivity index (χ1) is 12.4. The number of fused-ring (bicyclic) bond motifs is 1. The Morgan fingerprint density at radius 1 is 1.15 bits per heavy atom. The van der Waals surface area contributed by atoms with Crippen LogP contribution >= 0.6 is 0 Å². The predicted molar refractivity (Wildman–Crippen MR) is 96.0 cm³/mol. The van der Waals surface area contributed by atoms with E-state index in [1.165, 1.54) is 0 Å². The summed E-state index contributed by atoms with van der Waals surface area (Å²) >= 11 is 0. The fraction of sp³-hybridized carbons (Fsp3) is 0.500. The number of hydrogen-bond acceptors (Lipinski definition) is 5. The van der Waals surface area contributed by atoms with Crippen LogP contribution in [0.2, 0.25) is 0 Å². The van der Waals surface area contributed by atoms with Crippen molar-refractivity contribution >= 4 is 10.0 Å². The number of benzene rings is 1. The van der Waals surface area contributed by atoms with Crippen molar-refractivity contribution in [1.29, 1.82) is 0 Å². The lowest BCUT2D eigenvalue weighted by Gasteiger charge is -2.26. The highest BCUT2D eigenvalue weighted by Gasteiger charge is 2.39. The number of aryl methyl sites for hydroxylation is 2. The second-order valence-corrected chi connectivity index (χ2v) is 8.63. The Labute approximate surface area is 153 Å². The van der Waals surface area contributed by atoms with Crippen molar-refractivity contribution in [2.75, 3.05) is 19.8 Å². The van der Waals surface area contributed by atoms with E-state index in [4.69, 9.17) is 9.47 Å². The van der Waals surface area contributed by atoms with Crippen molar-refractivity contribution in [2.24, 2.45) is 7.05 Å². The molecule has 0 aliphatic carbocycles. The van der Waals surface area contributed by atoms with Gasteiger partial charge in [-0.3, -0.25) is 4.68 Å². The molecule has 0 unspecified atom stereocenters. The third-order valence-corrected chi connectivity index (χ3v) is 7.33. The summed E-state index contributed by atoms with van der Waals surface area (Å²) in [4.78, 5) is 0.324. The topological polar surface area (TPSA) is 73.7 Å². The van der Waals surface area contributed by atoms with Crippen molar-refractivity contribution < 1.29 is 17.9 Å². The minimum Gasteiger partial charge on any atom is -0.486 e. The summed E-state index contributed by atoms with van der Waals surface area (Å²) in [6, 6.07) is 5.52. The Balaban J connectivity index is 1.72. The summed E-state index contributed by atoms with van der Waals surface area (Å²) in [5, 5.41) is 4.28. The van der Waals surface area contributed by atoms with Gasteiger partial charge >= 0.3 is 0 Å². The third kappa shape index (κ3) is 2.68. The number of hydrogen-bond donors (Lipinski definition) is 0. The van der Waals surface area contributed by atoms with Crippen LogP contribution in [0.1, 0.15) is 35.8 Å². The van der Waals surface area contributed by atoms with E-state index in [-0.39, 0.29) is 6.04 Å². The van der Waals surface area contributed by atoms with Gasteiger partial charge in [-0.15, -0.1) is 0 Å². The maximum atomic E-state index is 13.4. The average molecular weight is 377 g/mol. The number of sulfonamides is 1. The first-order valence-electron chi connectivity index (χ1n) is 8.81. The van der Waals surface area contributed by atoms with Gasteiger partial charge in [0.2, 0.25) is 10.0 Å². The predicted octanol–water partition coefficient (Wildman–Crippen LogP) is 2.33. The summed E-state index contributed by atoms with van der Waals surface area (Å²) in [5.41, 5.74) is 2.14. The Morgan fingerprint density at radius 3 is 2.58 bits per heavy atom. The number of nitrogens with zero attached hydrogens (tertiary/aromatic N) is 3. The fourth-order valence-corrected chi connectivity index (χ4v) is 5.96. The molecule has 0 saturated carbocycles. The molecule has 4 rings (SSSR count). The average Bonchev–Trinajstić information content (AvgIpc) is 3.20. The summed E-state index contributed by atoms with van der Waals surface area (Å²) in [5.74, 6) is 1.40. The molecule has 0 amide bonds.